The Balaban J connectivity index is 1.62. The summed E-state index contributed by atoms with van der Waals surface area (Å²) in [7, 11) is 0. The maximum atomic E-state index is 12.1. The molecular weight excluding hydrogens is 276 g/mol. The first kappa shape index (κ1) is 14.0. The number of rotatable bonds is 6. The molecule has 1 saturated carbocycles. The van der Waals surface area contributed by atoms with Crippen molar-refractivity contribution in [3.63, 3.8) is 0 Å². The first-order valence-corrected chi connectivity index (χ1v) is 7.23. The highest BCUT2D eigenvalue weighted by Gasteiger charge is 2.35. The van der Waals surface area contributed by atoms with Crippen molar-refractivity contribution in [2.45, 2.75) is 44.2 Å². The molecule has 2 aliphatic rings. The molecule has 8 heteroatoms. The molecule has 2 atom stereocenters. The van der Waals surface area contributed by atoms with Crippen LogP contribution in [0.1, 0.15) is 54.7 Å². The maximum Gasteiger partial charge on any atom is 0.305 e. The van der Waals surface area contributed by atoms with Crippen LogP contribution in [0.2, 0.25) is 0 Å². The smallest absolute Gasteiger partial charge is 0.305 e. The first-order chi connectivity index (χ1) is 10.1. The highest BCUT2D eigenvalue weighted by Crippen LogP contribution is 2.34. The zero-order valence-corrected chi connectivity index (χ0v) is 11.5. The lowest BCUT2D eigenvalue weighted by Crippen LogP contribution is -2.38. The Kier molecular flexibility index (Phi) is 3.87. The summed E-state index contributed by atoms with van der Waals surface area (Å²) in [5.74, 6) is -0.765. The van der Waals surface area contributed by atoms with Gasteiger partial charge in [-0.25, -0.2) is 0 Å². The van der Waals surface area contributed by atoms with Crippen molar-refractivity contribution < 1.29 is 19.2 Å². The molecule has 2 fully saturated rings. The molecule has 0 aromatic carbocycles. The van der Waals surface area contributed by atoms with E-state index >= 15 is 0 Å². The Morgan fingerprint density at radius 2 is 2.24 bits per heavy atom. The lowest BCUT2D eigenvalue weighted by atomic mass is 10.1. The normalized spacial score (nSPS) is 23.0. The molecule has 2 heterocycles. The van der Waals surface area contributed by atoms with Gasteiger partial charge in [0.15, 0.2) is 0 Å². The quantitative estimate of drug-likeness (QED) is 0.698. The largest absolute Gasteiger partial charge is 0.481 e. The zero-order valence-electron chi connectivity index (χ0n) is 11.5. The van der Waals surface area contributed by atoms with Gasteiger partial charge < -0.3 is 20.3 Å². The van der Waals surface area contributed by atoms with Crippen LogP contribution >= 0.6 is 0 Å². The van der Waals surface area contributed by atoms with Gasteiger partial charge in [-0.1, -0.05) is 5.16 Å². The predicted octanol–water partition coefficient (Wildman–Crippen LogP) is 0.477. The second-order valence-electron chi connectivity index (χ2n) is 5.62. The number of hydrogen-bond donors (Lipinski definition) is 3. The summed E-state index contributed by atoms with van der Waals surface area (Å²) < 4.78 is 5.11. The summed E-state index contributed by atoms with van der Waals surface area (Å²) in [5, 5.41) is 18.5. The van der Waals surface area contributed by atoms with Gasteiger partial charge in [0, 0.05) is 6.04 Å². The van der Waals surface area contributed by atoms with Gasteiger partial charge in [-0.2, -0.15) is 4.98 Å². The molecule has 1 aromatic rings. The van der Waals surface area contributed by atoms with Crippen LogP contribution in [0.5, 0.6) is 0 Å². The summed E-state index contributed by atoms with van der Waals surface area (Å²) >= 11 is 0. The van der Waals surface area contributed by atoms with E-state index in [9.17, 15) is 9.59 Å². The number of nitrogens with one attached hydrogen (secondary N) is 2. The van der Waals surface area contributed by atoms with Crippen LogP contribution in [-0.4, -0.2) is 39.7 Å². The van der Waals surface area contributed by atoms with Crippen LogP contribution in [-0.2, 0) is 4.79 Å². The number of carboxylic acids is 1. The van der Waals surface area contributed by atoms with E-state index < -0.39 is 11.9 Å². The third-order valence-corrected chi connectivity index (χ3v) is 3.91. The average Bonchev–Trinajstić information content (AvgIpc) is 2.95. The fraction of sp³-hybridized carbons (Fsp3) is 0.692. The minimum absolute atomic E-state index is 0.0114. The molecule has 1 amide bonds. The lowest BCUT2D eigenvalue weighted by Gasteiger charge is -2.14. The van der Waals surface area contributed by atoms with Gasteiger partial charge in [0.1, 0.15) is 0 Å². The number of carbonyl (C=O) groups excluding carboxylic acids is 1. The third kappa shape index (κ3) is 3.38. The molecule has 2 unspecified atom stereocenters. The van der Waals surface area contributed by atoms with Gasteiger partial charge in [-0.05, 0) is 38.1 Å². The Labute approximate surface area is 121 Å². The molecule has 3 N–H and O–H groups in total. The Hall–Kier alpha value is -1.96. The number of nitrogens with zero attached hydrogens (tertiary/aromatic N) is 2. The van der Waals surface area contributed by atoms with Crippen molar-refractivity contribution >= 4 is 11.9 Å². The van der Waals surface area contributed by atoms with E-state index in [2.05, 4.69) is 20.8 Å². The summed E-state index contributed by atoms with van der Waals surface area (Å²) in [6.45, 7) is 0.900. The van der Waals surface area contributed by atoms with E-state index in [1.165, 1.54) is 0 Å². The SMILES string of the molecule is O=C(O)CC(NC(=O)c1noc(C2CCCN2)n1)C1CC1. The summed E-state index contributed by atoms with van der Waals surface area (Å²) in [6.07, 6.45) is 3.76. The highest BCUT2D eigenvalue weighted by molar-refractivity contribution is 5.90. The molecule has 21 heavy (non-hydrogen) atoms. The van der Waals surface area contributed by atoms with Crippen molar-refractivity contribution in [2.75, 3.05) is 6.54 Å². The molecule has 3 rings (SSSR count). The molecule has 1 aliphatic heterocycles. The van der Waals surface area contributed by atoms with Gasteiger partial charge in [0.05, 0.1) is 12.5 Å². The summed E-state index contributed by atoms with van der Waals surface area (Å²) in [6, 6.07) is -0.348. The van der Waals surface area contributed by atoms with Crippen molar-refractivity contribution in [1.82, 2.24) is 20.8 Å². The van der Waals surface area contributed by atoms with Crippen LogP contribution in [0.15, 0.2) is 4.52 Å². The first-order valence-electron chi connectivity index (χ1n) is 7.23. The molecule has 0 spiro atoms. The van der Waals surface area contributed by atoms with Crippen LogP contribution < -0.4 is 10.6 Å². The van der Waals surface area contributed by atoms with Crippen molar-refractivity contribution in [3.8, 4) is 0 Å². The Bertz CT molecular complexity index is 534. The van der Waals surface area contributed by atoms with E-state index in [0.717, 1.165) is 32.2 Å². The summed E-state index contributed by atoms with van der Waals surface area (Å²) in [4.78, 5) is 27.0. The van der Waals surface area contributed by atoms with Gasteiger partial charge in [0.2, 0.25) is 5.89 Å². The number of hydrogen-bond acceptors (Lipinski definition) is 6. The van der Waals surface area contributed by atoms with Gasteiger partial charge >= 0.3 is 5.97 Å². The highest BCUT2D eigenvalue weighted by atomic mass is 16.5. The average molecular weight is 294 g/mol. The molecular formula is C13H18N4O4. The van der Waals surface area contributed by atoms with Gasteiger partial charge in [-0.3, -0.25) is 9.59 Å². The predicted molar refractivity (Wildman–Crippen MR) is 70.5 cm³/mol. The lowest BCUT2D eigenvalue weighted by molar-refractivity contribution is -0.137. The van der Waals surface area contributed by atoms with Gasteiger partial charge in [-0.15, -0.1) is 0 Å². The molecule has 114 valence electrons. The van der Waals surface area contributed by atoms with Crippen LogP contribution in [0, 0.1) is 5.92 Å². The third-order valence-electron chi connectivity index (χ3n) is 3.91. The number of carbonyl (C=O) groups is 2. The molecule has 8 nitrogen and oxygen atoms in total. The molecule has 0 radical (unpaired) electrons. The number of aliphatic carboxylic acids is 1. The number of amides is 1. The van der Waals surface area contributed by atoms with E-state index in [0.29, 0.717) is 5.89 Å². The van der Waals surface area contributed by atoms with E-state index in [4.69, 9.17) is 9.63 Å². The number of carboxylic acid groups (broad SMARTS) is 1. The van der Waals surface area contributed by atoms with E-state index in [1.807, 2.05) is 0 Å². The van der Waals surface area contributed by atoms with Crippen molar-refractivity contribution in [2.24, 2.45) is 5.92 Å². The fourth-order valence-corrected chi connectivity index (χ4v) is 2.62. The minimum Gasteiger partial charge on any atom is -0.481 e. The van der Waals surface area contributed by atoms with E-state index in [1.54, 1.807) is 0 Å². The van der Waals surface area contributed by atoms with Crippen LogP contribution in [0.3, 0.4) is 0 Å². The second-order valence-corrected chi connectivity index (χ2v) is 5.62. The van der Waals surface area contributed by atoms with Crippen molar-refractivity contribution in [1.29, 1.82) is 0 Å². The standard InChI is InChI=1S/C13H18N4O4/c18-10(19)6-9(7-3-4-7)15-12(20)11-16-13(21-17-11)8-2-1-5-14-8/h7-9,14H,1-6H2,(H,15,20)(H,18,19). The zero-order chi connectivity index (χ0) is 14.8. The summed E-state index contributed by atoms with van der Waals surface area (Å²) in [5.41, 5.74) is 0. The fourth-order valence-electron chi connectivity index (χ4n) is 2.62. The van der Waals surface area contributed by atoms with Gasteiger partial charge in [0.25, 0.3) is 11.7 Å². The monoisotopic (exact) mass is 294 g/mol. The van der Waals surface area contributed by atoms with Crippen LogP contribution in [0.4, 0.5) is 0 Å². The van der Waals surface area contributed by atoms with Crippen LogP contribution in [0.25, 0.3) is 0 Å². The topological polar surface area (TPSA) is 117 Å². The minimum atomic E-state index is -0.920. The second kappa shape index (κ2) is 5.80. The maximum absolute atomic E-state index is 12.1. The Morgan fingerprint density at radius 1 is 1.43 bits per heavy atom. The number of aromatic nitrogens is 2. The Morgan fingerprint density at radius 3 is 2.86 bits per heavy atom. The van der Waals surface area contributed by atoms with Crippen molar-refractivity contribution in [3.05, 3.63) is 11.7 Å². The molecule has 1 aliphatic carbocycles. The molecule has 0 bridgehead atoms. The molecule has 1 aromatic heterocycles. The molecule has 1 saturated heterocycles. The van der Waals surface area contributed by atoms with E-state index in [-0.39, 0.29) is 30.2 Å².